The molecule has 0 aromatic rings. The fourth-order valence-corrected chi connectivity index (χ4v) is 6.42. The zero-order chi connectivity index (χ0) is 38.9. The fourth-order valence-electron chi connectivity index (χ4n) is 6.42. The number of unbranched alkanes of at least 4 members (excludes halogenated alkanes) is 24. The predicted octanol–water partition coefficient (Wildman–Crippen LogP) is 12.9. The lowest BCUT2D eigenvalue weighted by molar-refractivity contribution is -0.167. The van der Waals surface area contributed by atoms with E-state index in [2.05, 4.69) is 20.8 Å². The second kappa shape index (κ2) is 41.1. The molecule has 1 aliphatic rings. The van der Waals surface area contributed by atoms with Crippen LogP contribution in [0.4, 0.5) is 0 Å². The number of rotatable bonds is 35. The molecule has 0 aliphatic carbocycles. The first-order valence-electron chi connectivity index (χ1n) is 22.6. The highest BCUT2D eigenvalue weighted by Crippen LogP contribution is 2.14. The number of ether oxygens (including phenoxy) is 4. The molecule has 8 heteroatoms. The van der Waals surface area contributed by atoms with Gasteiger partial charge in [-0.05, 0) is 38.5 Å². The molecule has 312 valence electrons. The van der Waals surface area contributed by atoms with Crippen molar-refractivity contribution in [3.05, 3.63) is 0 Å². The molecule has 0 N–H and O–H groups in total. The Kier molecular flexibility index (Phi) is 39.4. The van der Waals surface area contributed by atoms with E-state index in [-0.39, 0.29) is 37.1 Å². The number of cyclic esters (lactones) is 1. The minimum atomic E-state index is -0.754. The Labute approximate surface area is 326 Å². The van der Waals surface area contributed by atoms with Gasteiger partial charge in [-0.15, -0.1) is 0 Å². The summed E-state index contributed by atoms with van der Waals surface area (Å²) in [7, 11) is 0. The second-order valence-corrected chi connectivity index (χ2v) is 15.2. The van der Waals surface area contributed by atoms with Gasteiger partial charge in [-0.1, -0.05) is 175 Å². The third kappa shape index (κ3) is 39.4. The Balaban J connectivity index is 0.00000295. The van der Waals surface area contributed by atoms with E-state index < -0.39 is 6.10 Å². The molecule has 0 saturated carbocycles. The summed E-state index contributed by atoms with van der Waals surface area (Å²) in [5.41, 5.74) is 0. The molecule has 0 spiro atoms. The van der Waals surface area contributed by atoms with E-state index in [1.165, 1.54) is 116 Å². The van der Waals surface area contributed by atoms with E-state index >= 15 is 0 Å². The molecule has 1 heterocycles. The standard InChI is InChI=1S/C39H74O6.C6H10O2/c1-4-7-10-13-16-19-22-25-28-31-37(40)43-34-36(45-39(42)33-30-27-24-21-18-15-12-9-6-3)35-44-38(41)32-29-26-23-20-17-14-11-8-5-2;7-6-4-2-1-3-5-8-6/h36H,4-35H2,1-3H3;1-5H2. The van der Waals surface area contributed by atoms with Crippen molar-refractivity contribution in [3.8, 4) is 0 Å². The quantitative estimate of drug-likeness (QED) is 0.0358. The summed E-state index contributed by atoms with van der Waals surface area (Å²) >= 11 is 0. The Bertz CT molecular complexity index is 796. The highest BCUT2D eigenvalue weighted by Gasteiger charge is 2.19. The van der Waals surface area contributed by atoms with Crippen LogP contribution in [0.25, 0.3) is 0 Å². The molecule has 0 unspecified atom stereocenters. The normalized spacial score (nSPS) is 12.8. The number of hydrogen-bond acceptors (Lipinski definition) is 8. The first-order chi connectivity index (χ1) is 25.9. The molecule has 53 heavy (non-hydrogen) atoms. The number of hydrogen-bond donors (Lipinski definition) is 0. The van der Waals surface area contributed by atoms with Crippen LogP contribution in [-0.4, -0.2) is 49.8 Å². The van der Waals surface area contributed by atoms with Crippen LogP contribution >= 0.6 is 0 Å². The maximum absolute atomic E-state index is 12.6. The van der Waals surface area contributed by atoms with Crippen LogP contribution in [0.2, 0.25) is 0 Å². The lowest BCUT2D eigenvalue weighted by atomic mass is 10.1. The molecule has 0 amide bonds. The van der Waals surface area contributed by atoms with Crippen LogP contribution in [0.1, 0.15) is 239 Å². The van der Waals surface area contributed by atoms with Crippen molar-refractivity contribution in [1.82, 2.24) is 0 Å². The van der Waals surface area contributed by atoms with Gasteiger partial charge in [0, 0.05) is 25.7 Å². The van der Waals surface area contributed by atoms with Gasteiger partial charge in [0.05, 0.1) is 6.61 Å². The molecule has 1 saturated heterocycles. The van der Waals surface area contributed by atoms with Crippen LogP contribution in [0.3, 0.4) is 0 Å². The molecule has 0 bridgehead atoms. The highest BCUT2D eigenvalue weighted by atomic mass is 16.6. The van der Waals surface area contributed by atoms with Crippen LogP contribution in [0, 0.1) is 0 Å². The maximum Gasteiger partial charge on any atom is 0.306 e. The highest BCUT2D eigenvalue weighted by molar-refractivity contribution is 5.71. The van der Waals surface area contributed by atoms with Crippen molar-refractivity contribution < 1.29 is 38.1 Å². The zero-order valence-corrected chi connectivity index (χ0v) is 35.0. The first kappa shape index (κ1) is 50.9. The second-order valence-electron chi connectivity index (χ2n) is 15.2. The number of esters is 4. The fraction of sp³-hybridized carbons (Fsp3) is 0.911. The molecule has 0 radical (unpaired) electrons. The third-order valence-electron chi connectivity index (χ3n) is 9.90. The third-order valence-corrected chi connectivity index (χ3v) is 9.90. The van der Waals surface area contributed by atoms with Gasteiger partial charge in [-0.25, -0.2) is 0 Å². The molecule has 1 rings (SSSR count). The topological polar surface area (TPSA) is 105 Å². The molecule has 0 atom stereocenters. The van der Waals surface area contributed by atoms with Gasteiger partial charge in [-0.2, -0.15) is 0 Å². The average molecular weight is 753 g/mol. The molecular weight excluding hydrogens is 668 g/mol. The van der Waals surface area contributed by atoms with Gasteiger partial charge >= 0.3 is 23.9 Å². The van der Waals surface area contributed by atoms with Gasteiger partial charge in [0.15, 0.2) is 6.10 Å². The minimum absolute atomic E-state index is 0.0255. The largest absolute Gasteiger partial charge is 0.466 e. The Morgan fingerprint density at radius 3 is 1.19 bits per heavy atom. The molecule has 8 nitrogen and oxygen atoms in total. The molecule has 0 aromatic heterocycles. The first-order valence-corrected chi connectivity index (χ1v) is 22.6. The van der Waals surface area contributed by atoms with Gasteiger partial charge in [0.2, 0.25) is 0 Å². The SMILES string of the molecule is CCCCCCCCCCCC(=O)OCC(COC(=O)CCCCCCCCCCC)OC(=O)CCCCCCCCCCC.O=C1CCCCCO1. The zero-order valence-electron chi connectivity index (χ0n) is 35.0. The summed E-state index contributed by atoms with van der Waals surface area (Å²) in [5.74, 6) is -0.895. The monoisotopic (exact) mass is 753 g/mol. The molecule has 1 fully saturated rings. The summed E-state index contributed by atoms with van der Waals surface area (Å²) in [6, 6.07) is 0. The van der Waals surface area contributed by atoms with E-state index in [1.54, 1.807) is 0 Å². The summed E-state index contributed by atoms with van der Waals surface area (Å²) in [5, 5.41) is 0. The van der Waals surface area contributed by atoms with Gasteiger partial charge in [0.1, 0.15) is 13.2 Å². The lowest BCUT2D eigenvalue weighted by Crippen LogP contribution is -2.30. The van der Waals surface area contributed by atoms with E-state index in [1.807, 2.05) is 0 Å². The van der Waals surface area contributed by atoms with Gasteiger partial charge in [0.25, 0.3) is 0 Å². The van der Waals surface area contributed by atoms with Crippen molar-refractivity contribution in [2.45, 2.75) is 245 Å². The molecule has 1 aliphatic heterocycles. The summed E-state index contributed by atoms with van der Waals surface area (Å²) < 4.78 is 21.3. The van der Waals surface area contributed by atoms with Crippen LogP contribution in [0.5, 0.6) is 0 Å². The Morgan fingerprint density at radius 1 is 0.472 bits per heavy atom. The Hall–Kier alpha value is -2.12. The maximum atomic E-state index is 12.6. The minimum Gasteiger partial charge on any atom is -0.466 e. The van der Waals surface area contributed by atoms with Crippen molar-refractivity contribution in [2.75, 3.05) is 19.8 Å². The van der Waals surface area contributed by atoms with E-state index in [0.29, 0.717) is 32.3 Å². The van der Waals surface area contributed by atoms with Crippen molar-refractivity contribution in [3.63, 3.8) is 0 Å². The van der Waals surface area contributed by atoms with Crippen LogP contribution in [-0.2, 0) is 38.1 Å². The van der Waals surface area contributed by atoms with E-state index in [9.17, 15) is 19.2 Å². The van der Waals surface area contributed by atoms with Gasteiger partial charge < -0.3 is 18.9 Å². The van der Waals surface area contributed by atoms with Crippen molar-refractivity contribution in [1.29, 1.82) is 0 Å². The number of carbonyl (C=O) groups is 4. The van der Waals surface area contributed by atoms with Crippen LogP contribution in [0.15, 0.2) is 0 Å². The smallest absolute Gasteiger partial charge is 0.306 e. The van der Waals surface area contributed by atoms with E-state index in [4.69, 9.17) is 18.9 Å². The van der Waals surface area contributed by atoms with Crippen LogP contribution < -0.4 is 0 Å². The van der Waals surface area contributed by atoms with Gasteiger partial charge in [-0.3, -0.25) is 19.2 Å². The summed E-state index contributed by atoms with van der Waals surface area (Å²) in [6.45, 7) is 7.20. The molecular formula is C45H84O8. The van der Waals surface area contributed by atoms with Crippen molar-refractivity contribution in [2.24, 2.45) is 0 Å². The average Bonchev–Trinajstić information content (AvgIpc) is 3.41. The summed E-state index contributed by atoms with van der Waals surface area (Å²) in [6.07, 6.45) is 36.1. The Morgan fingerprint density at radius 2 is 0.811 bits per heavy atom. The summed E-state index contributed by atoms with van der Waals surface area (Å²) in [4.78, 5) is 47.7. The predicted molar refractivity (Wildman–Crippen MR) is 217 cm³/mol. The van der Waals surface area contributed by atoms with E-state index in [0.717, 1.165) is 77.0 Å². The molecule has 0 aromatic carbocycles. The van der Waals surface area contributed by atoms with Crippen molar-refractivity contribution >= 4 is 23.9 Å². The number of carbonyl (C=O) groups excluding carboxylic acids is 4. The lowest BCUT2D eigenvalue weighted by Gasteiger charge is -2.18.